The second kappa shape index (κ2) is 5.78. The van der Waals surface area contributed by atoms with E-state index < -0.39 is 0 Å². The Morgan fingerprint density at radius 1 is 1.05 bits per heavy atom. The van der Waals surface area contributed by atoms with Gasteiger partial charge in [0.15, 0.2) is 0 Å². The van der Waals surface area contributed by atoms with Crippen LogP contribution in [0.1, 0.15) is 53.5 Å². The van der Waals surface area contributed by atoms with Crippen molar-refractivity contribution in [2.24, 2.45) is 5.84 Å². The summed E-state index contributed by atoms with van der Waals surface area (Å²) in [7, 11) is 0. The molecule has 0 amide bonds. The summed E-state index contributed by atoms with van der Waals surface area (Å²) in [4.78, 5) is 0. The molecule has 0 aliphatic heterocycles. The molecular formula is C18H22N2. The van der Waals surface area contributed by atoms with Gasteiger partial charge in [-0.1, -0.05) is 60.5 Å². The first-order chi connectivity index (χ1) is 9.78. The third-order valence-corrected chi connectivity index (χ3v) is 4.40. The maximum atomic E-state index is 5.80. The number of benzene rings is 2. The molecule has 0 heterocycles. The molecule has 0 bridgehead atoms. The van der Waals surface area contributed by atoms with E-state index in [0.717, 1.165) is 5.92 Å². The predicted molar refractivity (Wildman–Crippen MR) is 83.4 cm³/mol. The van der Waals surface area contributed by atoms with Crippen LogP contribution in [-0.2, 0) is 0 Å². The van der Waals surface area contributed by atoms with E-state index in [0.29, 0.717) is 0 Å². The van der Waals surface area contributed by atoms with Crippen molar-refractivity contribution in [1.82, 2.24) is 5.43 Å². The minimum atomic E-state index is 0.0654. The van der Waals surface area contributed by atoms with Gasteiger partial charge in [-0.2, -0.15) is 0 Å². The average Bonchev–Trinajstić information content (AvgIpc) is 2.40. The zero-order chi connectivity index (χ0) is 13.9. The molecule has 2 aromatic rings. The fourth-order valence-corrected chi connectivity index (χ4v) is 2.88. The summed E-state index contributed by atoms with van der Waals surface area (Å²) in [5.74, 6) is 6.55. The number of hydrogen-bond donors (Lipinski definition) is 2. The molecule has 1 aliphatic rings. The molecule has 2 aromatic carbocycles. The smallest absolute Gasteiger partial charge is 0.0710 e. The summed E-state index contributed by atoms with van der Waals surface area (Å²) in [6.45, 7) is 2.10. The Balaban J connectivity index is 1.90. The topological polar surface area (TPSA) is 38.0 Å². The third kappa shape index (κ3) is 2.62. The van der Waals surface area contributed by atoms with Gasteiger partial charge in [-0.15, -0.1) is 0 Å². The van der Waals surface area contributed by atoms with Crippen LogP contribution in [0.2, 0.25) is 0 Å². The summed E-state index contributed by atoms with van der Waals surface area (Å²) in [6, 6.07) is 17.5. The summed E-state index contributed by atoms with van der Waals surface area (Å²) >= 11 is 0. The van der Waals surface area contributed by atoms with Gasteiger partial charge in [0.2, 0.25) is 0 Å². The summed E-state index contributed by atoms with van der Waals surface area (Å²) in [6.07, 6.45) is 4.02. The Morgan fingerprint density at radius 3 is 2.40 bits per heavy atom. The molecule has 3 N–H and O–H groups in total. The van der Waals surface area contributed by atoms with Crippen molar-refractivity contribution in [3.63, 3.8) is 0 Å². The lowest BCUT2D eigenvalue weighted by Gasteiger charge is -2.27. The first-order valence-corrected chi connectivity index (χ1v) is 7.40. The Hall–Kier alpha value is -1.64. The molecule has 2 heteroatoms. The van der Waals surface area contributed by atoms with E-state index in [9.17, 15) is 0 Å². The molecule has 0 aromatic heterocycles. The zero-order valence-corrected chi connectivity index (χ0v) is 12.0. The molecule has 1 unspecified atom stereocenters. The monoisotopic (exact) mass is 266 g/mol. The van der Waals surface area contributed by atoms with Crippen LogP contribution in [0.3, 0.4) is 0 Å². The number of nitrogens with two attached hydrogens (primary N) is 1. The fraction of sp³-hybridized carbons (Fsp3) is 0.333. The van der Waals surface area contributed by atoms with Crippen LogP contribution in [-0.4, -0.2) is 0 Å². The van der Waals surface area contributed by atoms with Gasteiger partial charge < -0.3 is 0 Å². The van der Waals surface area contributed by atoms with Crippen molar-refractivity contribution in [1.29, 1.82) is 0 Å². The molecule has 1 saturated carbocycles. The van der Waals surface area contributed by atoms with Crippen LogP contribution < -0.4 is 11.3 Å². The highest BCUT2D eigenvalue weighted by atomic mass is 15.2. The number of hydrogen-bond acceptors (Lipinski definition) is 2. The first-order valence-electron chi connectivity index (χ1n) is 7.40. The van der Waals surface area contributed by atoms with E-state index >= 15 is 0 Å². The number of rotatable bonds is 4. The SMILES string of the molecule is Cc1ccc(C(NN)c2cccc(C3CCC3)c2)cc1. The lowest BCUT2D eigenvalue weighted by molar-refractivity contribution is 0.419. The van der Waals surface area contributed by atoms with Crippen LogP contribution in [0.5, 0.6) is 0 Å². The molecule has 104 valence electrons. The van der Waals surface area contributed by atoms with Gasteiger partial charge in [-0.25, -0.2) is 5.43 Å². The normalized spacial score (nSPS) is 16.7. The Labute approximate surface area is 121 Å². The number of hydrazine groups is 1. The molecule has 1 atom stereocenters. The van der Waals surface area contributed by atoms with Crippen LogP contribution in [0.4, 0.5) is 0 Å². The molecule has 3 rings (SSSR count). The van der Waals surface area contributed by atoms with Crippen molar-refractivity contribution in [2.45, 2.75) is 38.1 Å². The van der Waals surface area contributed by atoms with Gasteiger partial charge in [0, 0.05) is 0 Å². The quantitative estimate of drug-likeness (QED) is 0.652. The van der Waals surface area contributed by atoms with Crippen molar-refractivity contribution in [3.05, 3.63) is 70.8 Å². The van der Waals surface area contributed by atoms with Gasteiger partial charge in [0.1, 0.15) is 0 Å². The molecule has 2 nitrogen and oxygen atoms in total. The Kier molecular flexibility index (Phi) is 3.86. The Bertz CT molecular complexity index is 570. The first kappa shape index (κ1) is 13.3. The molecular weight excluding hydrogens is 244 g/mol. The van der Waals surface area contributed by atoms with E-state index in [-0.39, 0.29) is 6.04 Å². The van der Waals surface area contributed by atoms with Crippen LogP contribution in [0, 0.1) is 6.92 Å². The van der Waals surface area contributed by atoms with Crippen molar-refractivity contribution >= 4 is 0 Å². The molecule has 1 aliphatic carbocycles. The van der Waals surface area contributed by atoms with E-state index in [1.165, 1.54) is 41.5 Å². The minimum Gasteiger partial charge on any atom is -0.271 e. The van der Waals surface area contributed by atoms with Crippen molar-refractivity contribution < 1.29 is 0 Å². The van der Waals surface area contributed by atoms with Crippen LogP contribution >= 0.6 is 0 Å². The fourth-order valence-electron chi connectivity index (χ4n) is 2.88. The van der Waals surface area contributed by atoms with Gasteiger partial charge in [0.05, 0.1) is 6.04 Å². The van der Waals surface area contributed by atoms with Gasteiger partial charge >= 0.3 is 0 Å². The molecule has 20 heavy (non-hydrogen) atoms. The Morgan fingerprint density at radius 2 is 1.80 bits per heavy atom. The molecule has 1 fully saturated rings. The van der Waals surface area contributed by atoms with E-state index in [2.05, 4.69) is 60.9 Å². The molecule has 0 saturated heterocycles. The zero-order valence-electron chi connectivity index (χ0n) is 12.0. The molecule has 0 radical (unpaired) electrons. The second-order valence-corrected chi connectivity index (χ2v) is 5.81. The highest BCUT2D eigenvalue weighted by Crippen LogP contribution is 2.37. The predicted octanol–water partition coefficient (Wildman–Crippen LogP) is 3.82. The summed E-state index contributed by atoms with van der Waals surface area (Å²) in [5.41, 5.74) is 8.15. The lowest BCUT2D eigenvalue weighted by atomic mass is 9.79. The highest BCUT2D eigenvalue weighted by molar-refractivity contribution is 5.36. The average molecular weight is 266 g/mol. The van der Waals surface area contributed by atoms with E-state index in [4.69, 9.17) is 5.84 Å². The lowest BCUT2D eigenvalue weighted by Crippen LogP contribution is -2.29. The van der Waals surface area contributed by atoms with Gasteiger partial charge in [-0.3, -0.25) is 5.84 Å². The van der Waals surface area contributed by atoms with Crippen LogP contribution in [0.15, 0.2) is 48.5 Å². The van der Waals surface area contributed by atoms with Crippen molar-refractivity contribution in [3.8, 4) is 0 Å². The minimum absolute atomic E-state index is 0.0654. The summed E-state index contributed by atoms with van der Waals surface area (Å²) < 4.78 is 0. The van der Waals surface area contributed by atoms with Crippen molar-refractivity contribution in [2.75, 3.05) is 0 Å². The highest BCUT2D eigenvalue weighted by Gasteiger charge is 2.21. The van der Waals surface area contributed by atoms with Gasteiger partial charge in [-0.05, 0) is 42.4 Å². The number of aryl methyl sites for hydroxylation is 1. The molecule has 0 spiro atoms. The third-order valence-electron chi connectivity index (χ3n) is 4.40. The van der Waals surface area contributed by atoms with E-state index in [1.807, 2.05) is 0 Å². The standard InChI is InChI=1S/C18H22N2/c1-13-8-10-15(11-9-13)18(20-19)17-7-3-6-16(12-17)14-4-2-5-14/h3,6-12,14,18,20H,2,4-5,19H2,1H3. The van der Waals surface area contributed by atoms with E-state index in [1.54, 1.807) is 0 Å². The second-order valence-electron chi connectivity index (χ2n) is 5.81. The largest absolute Gasteiger partial charge is 0.271 e. The maximum Gasteiger partial charge on any atom is 0.0710 e. The maximum absolute atomic E-state index is 5.80. The summed E-state index contributed by atoms with van der Waals surface area (Å²) in [5, 5.41) is 0. The number of nitrogens with one attached hydrogen (secondary N) is 1. The van der Waals surface area contributed by atoms with Gasteiger partial charge in [0.25, 0.3) is 0 Å². The van der Waals surface area contributed by atoms with Crippen LogP contribution in [0.25, 0.3) is 0 Å².